The summed E-state index contributed by atoms with van der Waals surface area (Å²) in [5, 5.41) is 3.94. The molecule has 0 amide bonds. The molecule has 1 aliphatic carbocycles. The van der Waals surface area contributed by atoms with Crippen molar-refractivity contribution in [3.05, 3.63) is 34.5 Å². The number of rotatable bonds is 3. The summed E-state index contributed by atoms with van der Waals surface area (Å²) in [6.45, 7) is 2.19. The predicted molar refractivity (Wildman–Crippen MR) is 75.2 cm³/mol. The molecule has 3 rings (SSSR count). The van der Waals surface area contributed by atoms with Gasteiger partial charge < -0.3 is 10.3 Å². The Kier molecular flexibility index (Phi) is 2.90. The van der Waals surface area contributed by atoms with Crippen LogP contribution in [-0.4, -0.2) is 5.16 Å². The number of hydrogen-bond acceptors (Lipinski definition) is 3. The Bertz CT molecular complexity index is 575. The SMILES string of the molecule is CC(c1onc(N)c1-c1cccc(Br)c1)C1CC1. The van der Waals surface area contributed by atoms with Gasteiger partial charge in [-0.15, -0.1) is 0 Å². The van der Waals surface area contributed by atoms with Crippen LogP contribution in [-0.2, 0) is 0 Å². The number of nitrogens with zero attached hydrogens (tertiary/aromatic N) is 1. The van der Waals surface area contributed by atoms with Gasteiger partial charge in [0, 0.05) is 10.4 Å². The lowest BCUT2D eigenvalue weighted by Crippen LogP contribution is -1.97. The summed E-state index contributed by atoms with van der Waals surface area (Å²) in [7, 11) is 0. The average Bonchev–Trinajstić information content (AvgIpc) is 3.12. The predicted octanol–water partition coefficient (Wildman–Crippen LogP) is 4.20. The Morgan fingerprint density at radius 3 is 2.89 bits per heavy atom. The first-order valence-electron chi connectivity index (χ1n) is 6.18. The minimum Gasteiger partial charge on any atom is -0.380 e. The van der Waals surface area contributed by atoms with E-state index in [4.69, 9.17) is 10.3 Å². The molecular weight excluding hydrogens is 292 g/mol. The van der Waals surface area contributed by atoms with Gasteiger partial charge in [-0.3, -0.25) is 0 Å². The number of benzene rings is 1. The van der Waals surface area contributed by atoms with E-state index < -0.39 is 0 Å². The molecule has 0 spiro atoms. The summed E-state index contributed by atoms with van der Waals surface area (Å²) in [6, 6.07) is 8.08. The maximum absolute atomic E-state index is 5.96. The van der Waals surface area contributed by atoms with E-state index >= 15 is 0 Å². The highest BCUT2D eigenvalue weighted by Crippen LogP contribution is 2.46. The van der Waals surface area contributed by atoms with Crippen molar-refractivity contribution in [2.24, 2.45) is 5.92 Å². The summed E-state index contributed by atoms with van der Waals surface area (Å²) in [5.41, 5.74) is 7.98. The van der Waals surface area contributed by atoms with Crippen LogP contribution in [0.1, 0.15) is 31.4 Å². The Labute approximate surface area is 114 Å². The van der Waals surface area contributed by atoms with Gasteiger partial charge in [-0.25, -0.2) is 0 Å². The summed E-state index contributed by atoms with van der Waals surface area (Å²) in [6.07, 6.45) is 2.55. The van der Waals surface area contributed by atoms with Crippen LogP contribution in [0.5, 0.6) is 0 Å². The number of halogens is 1. The topological polar surface area (TPSA) is 52.0 Å². The average molecular weight is 307 g/mol. The molecule has 0 aliphatic heterocycles. The van der Waals surface area contributed by atoms with E-state index in [1.54, 1.807) is 0 Å². The minimum atomic E-state index is 0.392. The minimum absolute atomic E-state index is 0.392. The molecule has 2 N–H and O–H groups in total. The van der Waals surface area contributed by atoms with Gasteiger partial charge in [-0.05, 0) is 36.5 Å². The van der Waals surface area contributed by atoms with Crippen molar-refractivity contribution in [2.75, 3.05) is 5.73 Å². The van der Waals surface area contributed by atoms with Crippen molar-refractivity contribution < 1.29 is 4.52 Å². The molecule has 18 heavy (non-hydrogen) atoms. The van der Waals surface area contributed by atoms with Crippen LogP contribution < -0.4 is 5.73 Å². The zero-order chi connectivity index (χ0) is 12.7. The van der Waals surface area contributed by atoms with Gasteiger partial charge in [0.15, 0.2) is 5.82 Å². The van der Waals surface area contributed by atoms with Crippen LogP contribution in [0, 0.1) is 5.92 Å². The van der Waals surface area contributed by atoms with Gasteiger partial charge in [0.05, 0.1) is 5.56 Å². The Morgan fingerprint density at radius 2 is 2.22 bits per heavy atom. The first-order valence-corrected chi connectivity index (χ1v) is 6.97. The third-order valence-corrected chi connectivity index (χ3v) is 4.09. The van der Waals surface area contributed by atoms with Crippen molar-refractivity contribution in [3.63, 3.8) is 0 Å². The monoisotopic (exact) mass is 306 g/mol. The highest BCUT2D eigenvalue weighted by Gasteiger charge is 2.34. The Balaban J connectivity index is 2.07. The van der Waals surface area contributed by atoms with Gasteiger partial charge >= 0.3 is 0 Å². The summed E-state index contributed by atoms with van der Waals surface area (Å²) < 4.78 is 6.50. The lowest BCUT2D eigenvalue weighted by atomic mass is 9.95. The zero-order valence-corrected chi connectivity index (χ0v) is 11.8. The fraction of sp³-hybridized carbons (Fsp3) is 0.357. The van der Waals surface area contributed by atoms with E-state index in [1.807, 2.05) is 24.3 Å². The molecule has 0 saturated heterocycles. The second kappa shape index (κ2) is 4.43. The van der Waals surface area contributed by atoms with E-state index in [0.29, 0.717) is 11.7 Å². The first kappa shape index (κ1) is 11.8. The second-order valence-corrected chi connectivity index (χ2v) is 5.86. The maximum atomic E-state index is 5.96. The van der Waals surface area contributed by atoms with Crippen molar-refractivity contribution in [1.29, 1.82) is 0 Å². The fourth-order valence-corrected chi connectivity index (χ4v) is 2.77. The number of nitrogen functional groups attached to an aromatic ring is 1. The maximum Gasteiger partial charge on any atom is 0.175 e. The summed E-state index contributed by atoms with van der Waals surface area (Å²) >= 11 is 3.48. The molecule has 1 heterocycles. The third-order valence-electron chi connectivity index (χ3n) is 3.60. The molecule has 1 fully saturated rings. The first-order chi connectivity index (χ1) is 8.66. The lowest BCUT2D eigenvalue weighted by molar-refractivity contribution is 0.358. The smallest absolute Gasteiger partial charge is 0.175 e. The molecule has 1 atom stereocenters. The zero-order valence-electron chi connectivity index (χ0n) is 10.2. The van der Waals surface area contributed by atoms with E-state index in [-0.39, 0.29) is 0 Å². The molecule has 2 aromatic rings. The van der Waals surface area contributed by atoms with Crippen molar-refractivity contribution in [3.8, 4) is 11.1 Å². The number of aromatic nitrogens is 1. The summed E-state index contributed by atoms with van der Waals surface area (Å²) in [4.78, 5) is 0. The molecule has 0 bridgehead atoms. The molecule has 94 valence electrons. The van der Waals surface area contributed by atoms with Gasteiger partial charge in [0.1, 0.15) is 5.76 Å². The highest BCUT2D eigenvalue weighted by molar-refractivity contribution is 9.10. The molecule has 1 unspecified atom stereocenters. The number of nitrogens with two attached hydrogens (primary N) is 1. The highest BCUT2D eigenvalue weighted by atomic mass is 79.9. The third kappa shape index (κ3) is 2.05. The molecule has 4 heteroatoms. The van der Waals surface area contributed by atoms with Gasteiger partial charge in [0.2, 0.25) is 0 Å². The van der Waals surface area contributed by atoms with E-state index in [0.717, 1.165) is 27.3 Å². The van der Waals surface area contributed by atoms with Crippen LogP contribution in [0.3, 0.4) is 0 Å². The molecule has 1 aromatic carbocycles. The number of hydrogen-bond donors (Lipinski definition) is 1. The van der Waals surface area contributed by atoms with Crippen LogP contribution in [0.2, 0.25) is 0 Å². The quantitative estimate of drug-likeness (QED) is 0.924. The van der Waals surface area contributed by atoms with Crippen LogP contribution >= 0.6 is 15.9 Å². The Hall–Kier alpha value is -1.29. The Morgan fingerprint density at radius 1 is 1.44 bits per heavy atom. The van der Waals surface area contributed by atoms with Crippen LogP contribution in [0.15, 0.2) is 33.3 Å². The molecule has 1 aliphatic rings. The van der Waals surface area contributed by atoms with Crippen molar-refractivity contribution in [1.82, 2.24) is 5.16 Å². The second-order valence-electron chi connectivity index (χ2n) is 4.94. The van der Waals surface area contributed by atoms with E-state index in [2.05, 4.69) is 28.0 Å². The van der Waals surface area contributed by atoms with E-state index in [9.17, 15) is 0 Å². The molecule has 1 saturated carbocycles. The van der Waals surface area contributed by atoms with Crippen molar-refractivity contribution >= 4 is 21.7 Å². The normalized spacial score (nSPS) is 16.8. The molecular formula is C14H15BrN2O. The lowest BCUT2D eigenvalue weighted by Gasteiger charge is -2.09. The van der Waals surface area contributed by atoms with Crippen molar-refractivity contribution in [2.45, 2.75) is 25.7 Å². The molecule has 1 aromatic heterocycles. The van der Waals surface area contributed by atoms with Crippen LogP contribution in [0.25, 0.3) is 11.1 Å². The van der Waals surface area contributed by atoms with Gasteiger partial charge in [0.25, 0.3) is 0 Å². The van der Waals surface area contributed by atoms with E-state index in [1.165, 1.54) is 12.8 Å². The van der Waals surface area contributed by atoms with Gasteiger partial charge in [-0.2, -0.15) is 0 Å². The standard InChI is InChI=1S/C14H15BrN2O/c1-8(9-5-6-9)13-12(14(16)17-18-13)10-3-2-4-11(15)7-10/h2-4,7-9H,5-6H2,1H3,(H2,16,17). The largest absolute Gasteiger partial charge is 0.380 e. The van der Waals surface area contributed by atoms with Gasteiger partial charge in [-0.1, -0.05) is 40.1 Å². The fourth-order valence-electron chi connectivity index (χ4n) is 2.37. The van der Waals surface area contributed by atoms with Crippen LogP contribution in [0.4, 0.5) is 5.82 Å². The molecule has 0 radical (unpaired) electrons. The number of anilines is 1. The molecule has 3 nitrogen and oxygen atoms in total. The summed E-state index contributed by atoms with van der Waals surface area (Å²) in [5.74, 6) is 2.52.